The molecule has 1 saturated heterocycles. The van der Waals surface area contributed by atoms with Crippen LogP contribution in [0.5, 0.6) is 0 Å². The van der Waals surface area contributed by atoms with Crippen LogP contribution >= 0.6 is 0 Å². The Kier molecular flexibility index (Phi) is 3.60. The van der Waals surface area contributed by atoms with Crippen LogP contribution in [0.1, 0.15) is 48.8 Å². The molecule has 0 radical (unpaired) electrons. The summed E-state index contributed by atoms with van der Waals surface area (Å²) in [5, 5.41) is 5.29. The summed E-state index contributed by atoms with van der Waals surface area (Å²) in [6.45, 7) is 7.69. The molecule has 2 aromatic rings. The third-order valence-corrected chi connectivity index (χ3v) is 5.61. The summed E-state index contributed by atoms with van der Waals surface area (Å²) in [7, 11) is 0. The molecule has 1 aliphatic heterocycles. The molecule has 3 unspecified atom stereocenters. The Morgan fingerprint density at radius 2 is 2.12 bits per heavy atom. The van der Waals surface area contributed by atoms with Crippen molar-refractivity contribution in [1.82, 2.24) is 19.7 Å². The highest BCUT2D eigenvalue weighted by Crippen LogP contribution is 2.38. The standard InChI is InChI=1S/C18H25N5O/c1-10(2)23-17-14(7-20-23)13(6-11(3)21-17)18(24)22-8-12-4-5-16(19)15(12)9-22/h6-7,10,12,15-16H,4-5,8-9,19H2,1-3H3. The zero-order chi connectivity index (χ0) is 17.0. The van der Waals surface area contributed by atoms with E-state index in [0.717, 1.165) is 48.2 Å². The van der Waals surface area contributed by atoms with E-state index in [4.69, 9.17) is 5.73 Å². The summed E-state index contributed by atoms with van der Waals surface area (Å²) in [5.74, 6) is 1.13. The van der Waals surface area contributed by atoms with Crippen LogP contribution in [0.4, 0.5) is 0 Å². The molecular weight excluding hydrogens is 302 g/mol. The number of amides is 1. The number of fused-ring (bicyclic) bond motifs is 2. The van der Waals surface area contributed by atoms with Crippen molar-refractivity contribution in [2.24, 2.45) is 17.6 Å². The summed E-state index contributed by atoms with van der Waals surface area (Å²) in [6.07, 6.45) is 4.01. The first-order valence-electron chi connectivity index (χ1n) is 8.85. The van der Waals surface area contributed by atoms with Gasteiger partial charge in [0.05, 0.1) is 17.1 Å². The van der Waals surface area contributed by atoms with Gasteiger partial charge in [-0.3, -0.25) is 4.79 Å². The summed E-state index contributed by atoms with van der Waals surface area (Å²) in [6, 6.07) is 2.35. The van der Waals surface area contributed by atoms with Gasteiger partial charge in [0.2, 0.25) is 0 Å². The van der Waals surface area contributed by atoms with E-state index >= 15 is 0 Å². The Morgan fingerprint density at radius 3 is 2.83 bits per heavy atom. The molecule has 128 valence electrons. The predicted octanol–water partition coefficient (Wildman–Crippen LogP) is 2.13. The van der Waals surface area contributed by atoms with E-state index in [1.54, 1.807) is 6.20 Å². The third-order valence-electron chi connectivity index (χ3n) is 5.61. The molecule has 1 amide bonds. The molecular formula is C18H25N5O. The van der Waals surface area contributed by atoms with E-state index in [1.165, 1.54) is 0 Å². The molecule has 0 aromatic carbocycles. The number of aryl methyl sites for hydroxylation is 1. The largest absolute Gasteiger partial charge is 0.338 e. The first-order valence-corrected chi connectivity index (χ1v) is 8.85. The minimum Gasteiger partial charge on any atom is -0.338 e. The van der Waals surface area contributed by atoms with Crippen LogP contribution in [0, 0.1) is 18.8 Å². The zero-order valence-electron chi connectivity index (χ0n) is 14.6. The highest BCUT2D eigenvalue weighted by Gasteiger charge is 2.42. The molecule has 1 aliphatic carbocycles. The second kappa shape index (κ2) is 5.55. The summed E-state index contributed by atoms with van der Waals surface area (Å²) in [5.41, 5.74) is 8.58. The molecule has 2 fully saturated rings. The number of hydrogen-bond donors (Lipinski definition) is 1. The SMILES string of the molecule is Cc1cc(C(=O)N2CC3CCC(N)C3C2)c2cnn(C(C)C)c2n1. The third kappa shape index (κ3) is 2.32. The van der Waals surface area contributed by atoms with Gasteiger partial charge in [-0.25, -0.2) is 9.67 Å². The lowest BCUT2D eigenvalue weighted by molar-refractivity contribution is 0.0781. The highest BCUT2D eigenvalue weighted by molar-refractivity contribution is 6.05. The van der Waals surface area contributed by atoms with E-state index in [1.807, 2.05) is 22.6 Å². The van der Waals surface area contributed by atoms with Gasteiger partial charge in [0, 0.05) is 30.9 Å². The second-order valence-corrected chi connectivity index (χ2v) is 7.61. The Morgan fingerprint density at radius 1 is 1.33 bits per heavy atom. The van der Waals surface area contributed by atoms with Crippen molar-refractivity contribution in [3.05, 3.63) is 23.5 Å². The Bertz CT molecular complexity index is 796. The van der Waals surface area contributed by atoms with Crippen molar-refractivity contribution in [3.63, 3.8) is 0 Å². The molecule has 2 aliphatic rings. The van der Waals surface area contributed by atoms with Gasteiger partial charge in [-0.1, -0.05) is 0 Å². The maximum atomic E-state index is 13.2. The molecule has 3 heterocycles. The summed E-state index contributed by atoms with van der Waals surface area (Å²) in [4.78, 5) is 19.7. The van der Waals surface area contributed by atoms with Crippen LogP contribution in [0.25, 0.3) is 11.0 Å². The fourth-order valence-electron chi connectivity index (χ4n) is 4.34. The van der Waals surface area contributed by atoms with Gasteiger partial charge < -0.3 is 10.6 Å². The van der Waals surface area contributed by atoms with Crippen LogP contribution in [0.15, 0.2) is 12.3 Å². The van der Waals surface area contributed by atoms with E-state index in [0.29, 0.717) is 11.8 Å². The lowest BCUT2D eigenvalue weighted by Gasteiger charge is -2.19. The second-order valence-electron chi connectivity index (χ2n) is 7.61. The van der Waals surface area contributed by atoms with E-state index in [-0.39, 0.29) is 18.0 Å². The number of nitrogens with zero attached hydrogens (tertiary/aromatic N) is 4. The van der Waals surface area contributed by atoms with Gasteiger partial charge in [-0.2, -0.15) is 5.10 Å². The Hall–Kier alpha value is -1.95. The van der Waals surface area contributed by atoms with Gasteiger partial charge in [-0.05, 0) is 51.5 Å². The number of aromatic nitrogens is 3. The fourth-order valence-corrected chi connectivity index (χ4v) is 4.34. The average Bonchev–Trinajstić information content (AvgIpc) is 3.21. The maximum absolute atomic E-state index is 13.2. The number of nitrogens with two attached hydrogens (primary N) is 1. The van der Waals surface area contributed by atoms with Crippen molar-refractivity contribution in [1.29, 1.82) is 0 Å². The number of pyridine rings is 1. The molecule has 4 rings (SSSR count). The zero-order valence-corrected chi connectivity index (χ0v) is 14.6. The molecule has 0 bridgehead atoms. The summed E-state index contributed by atoms with van der Waals surface area (Å²) < 4.78 is 1.88. The van der Waals surface area contributed by atoms with E-state index < -0.39 is 0 Å². The lowest BCUT2D eigenvalue weighted by Crippen LogP contribution is -2.33. The smallest absolute Gasteiger partial charge is 0.254 e. The topological polar surface area (TPSA) is 77.0 Å². The number of carbonyl (C=O) groups excluding carboxylic acids is 1. The van der Waals surface area contributed by atoms with Gasteiger partial charge in [-0.15, -0.1) is 0 Å². The van der Waals surface area contributed by atoms with Gasteiger partial charge in [0.25, 0.3) is 5.91 Å². The minimum absolute atomic E-state index is 0.0930. The molecule has 3 atom stereocenters. The van der Waals surface area contributed by atoms with E-state index in [2.05, 4.69) is 23.9 Å². The highest BCUT2D eigenvalue weighted by atomic mass is 16.2. The molecule has 2 N–H and O–H groups in total. The minimum atomic E-state index is 0.0930. The molecule has 1 saturated carbocycles. The van der Waals surface area contributed by atoms with Crippen LogP contribution < -0.4 is 5.73 Å². The number of likely N-dealkylation sites (tertiary alicyclic amines) is 1. The van der Waals surface area contributed by atoms with Crippen LogP contribution in [0.2, 0.25) is 0 Å². The molecule has 2 aromatic heterocycles. The van der Waals surface area contributed by atoms with Crippen molar-refractivity contribution in [3.8, 4) is 0 Å². The van der Waals surface area contributed by atoms with Gasteiger partial charge >= 0.3 is 0 Å². The van der Waals surface area contributed by atoms with E-state index in [9.17, 15) is 4.79 Å². The molecule has 0 spiro atoms. The van der Waals surface area contributed by atoms with Gasteiger partial charge in [0.1, 0.15) is 0 Å². The van der Waals surface area contributed by atoms with Crippen molar-refractivity contribution in [2.45, 2.75) is 45.7 Å². The monoisotopic (exact) mass is 327 g/mol. The maximum Gasteiger partial charge on any atom is 0.254 e. The average molecular weight is 327 g/mol. The van der Waals surface area contributed by atoms with Crippen LogP contribution in [-0.4, -0.2) is 44.7 Å². The first-order chi connectivity index (χ1) is 11.5. The summed E-state index contributed by atoms with van der Waals surface area (Å²) >= 11 is 0. The molecule has 6 nitrogen and oxygen atoms in total. The molecule has 24 heavy (non-hydrogen) atoms. The Labute approximate surface area is 142 Å². The number of hydrogen-bond acceptors (Lipinski definition) is 4. The quantitative estimate of drug-likeness (QED) is 0.916. The number of rotatable bonds is 2. The van der Waals surface area contributed by atoms with Crippen LogP contribution in [0.3, 0.4) is 0 Å². The lowest BCUT2D eigenvalue weighted by atomic mass is 9.98. The van der Waals surface area contributed by atoms with Crippen LogP contribution in [-0.2, 0) is 0 Å². The van der Waals surface area contributed by atoms with Gasteiger partial charge in [0.15, 0.2) is 5.65 Å². The van der Waals surface area contributed by atoms with Crippen molar-refractivity contribution >= 4 is 16.9 Å². The number of carbonyl (C=O) groups is 1. The van der Waals surface area contributed by atoms with Crippen molar-refractivity contribution < 1.29 is 4.79 Å². The Balaban J connectivity index is 1.70. The predicted molar refractivity (Wildman–Crippen MR) is 92.7 cm³/mol. The fraction of sp³-hybridized carbons (Fsp3) is 0.611. The van der Waals surface area contributed by atoms with Crippen molar-refractivity contribution in [2.75, 3.05) is 13.1 Å². The normalized spacial score (nSPS) is 26.5. The first kappa shape index (κ1) is 15.6. The molecule has 6 heteroatoms.